The van der Waals surface area contributed by atoms with E-state index in [0.717, 1.165) is 12.0 Å². The second kappa shape index (κ2) is 13.2. The van der Waals surface area contributed by atoms with Crippen molar-refractivity contribution >= 4 is 5.78 Å². The third-order valence-corrected chi connectivity index (χ3v) is 4.40. The summed E-state index contributed by atoms with van der Waals surface area (Å²) in [6.07, 6.45) is 15.6. The summed E-state index contributed by atoms with van der Waals surface area (Å²) in [5.74, 6) is 0.568. The molecule has 0 saturated heterocycles. The van der Waals surface area contributed by atoms with E-state index in [1.807, 2.05) is 12.1 Å². The van der Waals surface area contributed by atoms with Crippen LogP contribution in [0.5, 0.6) is 5.75 Å². The van der Waals surface area contributed by atoms with Gasteiger partial charge in [-0.1, -0.05) is 83.3 Å². The van der Waals surface area contributed by atoms with E-state index in [0.29, 0.717) is 18.6 Å². The van der Waals surface area contributed by atoms with E-state index < -0.39 is 0 Å². The molecule has 2 heteroatoms. The molecule has 0 atom stereocenters. The van der Waals surface area contributed by atoms with Gasteiger partial charge in [0, 0.05) is 12.8 Å². The quantitative estimate of drug-likeness (QED) is 0.414. The van der Waals surface area contributed by atoms with Crippen molar-refractivity contribution in [1.82, 2.24) is 0 Å². The highest BCUT2D eigenvalue weighted by Crippen LogP contribution is 2.14. The number of hydrogen-bond acceptors (Lipinski definition) is 2. The lowest BCUT2D eigenvalue weighted by Crippen LogP contribution is -2.02. The fourth-order valence-electron chi connectivity index (χ4n) is 2.92. The predicted octanol–water partition coefficient (Wildman–Crippen LogP) is 6.20. The topological polar surface area (TPSA) is 37.3 Å². The van der Waals surface area contributed by atoms with E-state index >= 15 is 0 Å². The van der Waals surface area contributed by atoms with Crippen LogP contribution in [-0.4, -0.2) is 10.9 Å². The number of phenolic OH excluding ortho intramolecular Hbond substituents is 1. The van der Waals surface area contributed by atoms with Crippen LogP contribution in [0.2, 0.25) is 0 Å². The molecule has 1 rings (SSSR count). The van der Waals surface area contributed by atoms with Gasteiger partial charge in [-0.3, -0.25) is 4.79 Å². The first-order chi connectivity index (χ1) is 11.2. The summed E-state index contributed by atoms with van der Waals surface area (Å²) in [7, 11) is 0. The van der Waals surface area contributed by atoms with Crippen molar-refractivity contribution in [2.75, 3.05) is 0 Å². The Hall–Kier alpha value is -1.31. The van der Waals surface area contributed by atoms with E-state index in [2.05, 4.69) is 6.92 Å². The van der Waals surface area contributed by atoms with Crippen LogP contribution in [0.4, 0.5) is 0 Å². The second-order valence-electron chi connectivity index (χ2n) is 6.67. The third-order valence-electron chi connectivity index (χ3n) is 4.40. The monoisotopic (exact) mass is 318 g/mol. The molecule has 1 aromatic rings. The summed E-state index contributed by atoms with van der Waals surface area (Å²) in [6.45, 7) is 2.26. The lowest BCUT2D eigenvalue weighted by Gasteiger charge is -2.03. The zero-order chi connectivity index (χ0) is 16.8. The third kappa shape index (κ3) is 11.0. The van der Waals surface area contributed by atoms with Gasteiger partial charge in [-0.25, -0.2) is 0 Å². The van der Waals surface area contributed by atoms with E-state index in [-0.39, 0.29) is 5.75 Å². The minimum absolute atomic E-state index is 0.256. The Balaban J connectivity index is 1.90. The molecule has 0 aliphatic rings. The van der Waals surface area contributed by atoms with Gasteiger partial charge in [0.2, 0.25) is 0 Å². The van der Waals surface area contributed by atoms with E-state index in [1.54, 1.807) is 12.1 Å². The molecule has 0 fully saturated rings. The Morgan fingerprint density at radius 3 is 1.78 bits per heavy atom. The van der Waals surface area contributed by atoms with Gasteiger partial charge < -0.3 is 5.11 Å². The van der Waals surface area contributed by atoms with Crippen LogP contribution < -0.4 is 0 Å². The maximum Gasteiger partial charge on any atom is 0.137 e. The van der Waals surface area contributed by atoms with E-state index in [9.17, 15) is 9.90 Å². The largest absolute Gasteiger partial charge is 0.508 e. The highest BCUT2D eigenvalue weighted by molar-refractivity contribution is 5.80. The van der Waals surface area contributed by atoms with Gasteiger partial charge in [-0.15, -0.1) is 0 Å². The Labute approximate surface area is 142 Å². The smallest absolute Gasteiger partial charge is 0.137 e. The predicted molar refractivity (Wildman–Crippen MR) is 97.9 cm³/mol. The van der Waals surface area contributed by atoms with Gasteiger partial charge in [0.05, 0.1) is 0 Å². The molecule has 0 heterocycles. The lowest BCUT2D eigenvalue weighted by molar-refractivity contribution is -0.118. The van der Waals surface area contributed by atoms with Crippen LogP contribution in [0.15, 0.2) is 24.3 Å². The summed E-state index contributed by atoms with van der Waals surface area (Å²) in [5.41, 5.74) is 0.996. The van der Waals surface area contributed by atoms with Crippen molar-refractivity contribution in [3.05, 3.63) is 29.8 Å². The highest BCUT2D eigenvalue weighted by atomic mass is 16.3. The number of hydrogen-bond donors (Lipinski definition) is 1. The number of benzene rings is 1. The summed E-state index contributed by atoms with van der Waals surface area (Å²) in [6, 6.07) is 6.94. The fourth-order valence-corrected chi connectivity index (χ4v) is 2.92. The molecule has 130 valence electrons. The van der Waals surface area contributed by atoms with Crippen molar-refractivity contribution in [2.45, 2.75) is 90.4 Å². The van der Waals surface area contributed by atoms with Crippen molar-refractivity contribution in [3.63, 3.8) is 0 Å². The number of aromatic hydroxyl groups is 1. The molecule has 0 saturated carbocycles. The Bertz CT molecular complexity index is 408. The maximum absolute atomic E-state index is 11.9. The van der Waals surface area contributed by atoms with E-state index in [1.165, 1.54) is 64.2 Å². The number of Topliss-reactive ketones (excluding diaryl/α,β-unsaturated/α-hetero) is 1. The van der Waals surface area contributed by atoms with Crippen LogP contribution in [-0.2, 0) is 11.2 Å². The Kier molecular flexibility index (Phi) is 11.3. The van der Waals surface area contributed by atoms with Crippen molar-refractivity contribution < 1.29 is 9.90 Å². The van der Waals surface area contributed by atoms with Gasteiger partial charge in [-0.2, -0.15) is 0 Å². The fraction of sp³-hybridized carbons (Fsp3) is 0.667. The van der Waals surface area contributed by atoms with Gasteiger partial charge in [0.1, 0.15) is 11.5 Å². The van der Waals surface area contributed by atoms with Crippen LogP contribution in [0.1, 0.15) is 89.5 Å². The molecule has 0 aliphatic carbocycles. The van der Waals surface area contributed by atoms with Crippen LogP contribution in [0, 0.1) is 0 Å². The number of carbonyl (C=O) groups is 1. The van der Waals surface area contributed by atoms with Crippen molar-refractivity contribution in [2.24, 2.45) is 0 Å². The second-order valence-corrected chi connectivity index (χ2v) is 6.67. The Morgan fingerprint density at radius 1 is 0.783 bits per heavy atom. The molecule has 0 radical (unpaired) electrons. The van der Waals surface area contributed by atoms with E-state index in [4.69, 9.17) is 0 Å². The molecule has 0 bridgehead atoms. The average Bonchev–Trinajstić information content (AvgIpc) is 2.55. The van der Waals surface area contributed by atoms with Crippen molar-refractivity contribution in [3.8, 4) is 5.75 Å². The highest BCUT2D eigenvalue weighted by Gasteiger charge is 2.03. The molecule has 0 aromatic heterocycles. The van der Waals surface area contributed by atoms with Gasteiger partial charge in [-0.05, 0) is 24.1 Å². The zero-order valence-corrected chi connectivity index (χ0v) is 14.9. The minimum Gasteiger partial charge on any atom is -0.508 e. The van der Waals surface area contributed by atoms with Crippen LogP contribution in [0.3, 0.4) is 0 Å². The first-order valence-corrected chi connectivity index (χ1v) is 9.52. The molecule has 0 amide bonds. The number of carbonyl (C=O) groups excluding carboxylic acids is 1. The maximum atomic E-state index is 11.9. The van der Waals surface area contributed by atoms with Gasteiger partial charge in [0.25, 0.3) is 0 Å². The number of rotatable bonds is 14. The standard InChI is InChI=1S/C21H34O2/c1-2-3-4-5-6-7-8-9-10-11-12-13-21(23)18-19-14-16-20(22)17-15-19/h14-17,22H,2-13,18H2,1H3. The van der Waals surface area contributed by atoms with Crippen molar-refractivity contribution in [1.29, 1.82) is 0 Å². The first kappa shape index (κ1) is 19.7. The molecule has 1 N–H and O–H groups in total. The molecular weight excluding hydrogens is 284 g/mol. The summed E-state index contributed by atoms with van der Waals surface area (Å²) in [4.78, 5) is 11.9. The van der Waals surface area contributed by atoms with Gasteiger partial charge in [0.15, 0.2) is 0 Å². The SMILES string of the molecule is CCCCCCCCCCCCCC(=O)Cc1ccc(O)cc1. The summed E-state index contributed by atoms with van der Waals surface area (Å²) in [5, 5.41) is 9.22. The number of phenols is 1. The molecule has 0 aliphatic heterocycles. The first-order valence-electron chi connectivity index (χ1n) is 9.52. The molecule has 1 aromatic carbocycles. The number of unbranched alkanes of at least 4 members (excludes halogenated alkanes) is 10. The molecule has 0 spiro atoms. The average molecular weight is 319 g/mol. The molecule has 0 unspecified atom stereocenters. The van der Waals surface area contributed by atoms with Crippen LogP contribution >= 0.6 is 0 Å². The molecular formula is C21H34O2. The zero-order valence-electron chi connectivity index (χ0n) is 14.9. The minimum atomic E-state index is 0.256. The summed E-state index contributed by atoms with van der Waals surface area (Å²) < 4.78 is 0. The molecule has 23 heavy (non-hydrogen) atoms. The summed E-state index contributed by atoms with van der Waals surface area (Å²) >= 11 is 0. The number of ketones is 1. The Morgan fingerprint density at radius 2 is 1.26 bits per heavy atom. The normalized spacial score (nSPS) is 10.8. The van der Waals surface area contributed by atoms with Crippen LogP contribution in [0.25, 0.3) is 0 Å². The lowest BCUT2D eigenvalue weighted by atomic mass is 10.0. The van der Waals surface area contributed by atoms with Gasteiger partial charge >= 0.3 is 0 Å². The molecule has 2 nitrogen and oxygen atoms in total.